The highest BCUT2D eigenvalue weighted by Crippen LogP contribution is 2.24. The van der Waals surface area contributed by atoms with Gasteiger partial charge < -0.3 is 5.32 Å². The summed E-state index contributed by atoms with van der Waals surface area (Å²) < 4.78 is 13.6. The van der Waals surface area contributed by atoms with E-state index in [9.17, 15) is 19.3 Å². The van der Waals surface area contributed by atoms with Crippen LogP contribution in [-0.2, 0) is 10.5 Å². The largest absolute Gasteiger partial charge is 0.325 e. The van der Waals surface area contributed by atoms with Crippen molar-refractivity contribution >= 4 is 40.6 Å². The standard InChI is InChI=1S/C15H12ClFN2O3S/c16-13-5-2-6-14(17)12(13)8-23-9-15(20)18-10-3-1-4-11(7-10)19(21)22/h1-7H,8-9H2,(H,18,20). The highest BCUT2D eigenvalue weighted by Gasteiger charge is 2.10. The Morgan fingerprint density at radius 1 is 1.30 bits per heavy atom. The van der Waals surface area contributed by atoms with Gasteiger partial charge in [0.2, 0.25) is 5.91 Å². The Labute approximate surface area is 141 Å². The molecule has 0 saturated heterocycles. The van der Waals surface area contributed by atoms with Gasteiger partial charge in [0.15, 0.2) is 0 Å². The van der Waals surface area contributed by atoms with Crippen LogP contribution >= 0.6 is 23.4 Å². The summed E-state index contributed by atoms with van der Waals surface area (Å²) in [4.78, 5) is 22.0. The number of anilines is 1. The highest BCUT2D eigenvalue weighted by atomic mass is 35.5. The van der Waals surface area contributed by atoms with E-state index in [1.807, 2.05) is 0 Å². The summed E-state index contributed by atoms with van der Waals surface area (Å²) in [6.45, 7) is 0. The molecule has 0 aliphatic heterocycles. The summed E-state index contributed by atoms with van der Waals surface area (Å²) in [5, 5.41) is 13.6. The van der Waals surface area contributed by atoms with Crippen LogP contribution in [-0.4, -0.2) is 16.6 Å². The predicted molar refractivity (Wildman–Crippen MR) is 89.3 cm³/mol. The lowest BCUT2D eigenvalue weighted by Gasteiger charge is -2.07. The number of carbonyl (C=O) groups is 1. The molecule has 0 aromatic heterocycles. The second-order valence-corrected chi connectivity index (χ2v) is 5.94. The Hall–Kier alpha value is -2.12. The maximum atomic E-state index is 13.6. The van der Waals surface area contributed by atoms with Crippen molar-refractivity contribution in [3.63, 3.8) is 0 Å². The number of halogens is 2. The van der Waals surface area contributed by atoms with E-state index in [1.165, 1.54) is 42.1 Å². The van der Waals surface area contributed by atoms with Gasteiger partial charge in [0, 0.05) is 34.2 Å². The molecule has 1 amide bonds. The van der Waals surface area contributed by atoms with Gasteiger partial charge in [-0.25, -0.2) is 4.39 Å². The number of nitro groups is 1. The number of nitrogens with one attached hydrogen (secondary N) is 1. The van der Waals surface area contributed by atoms with E-state index in [2.05, 4.69) is 5.32 Å². The average molecular weight is 355 g/mol. The molecule has 0 spiro atoms. The number of amides is 1. The number of nitrogens with zero attached hydrogens (tertiary/aromatic N) is 1. The topological polar surface area (TPSA) is 72.2 Å². The van der Waals surface area contributed by atoms with Crippen LogP contribution in [0.4, 0.5) is 15.8 Å². The number of hydrogen-bond donors (Lipinski definition) is 1. The fraction of sp³-hybridized carbons (Fsp3) is 0.133. The molecule has 0 bridgehead atoms. The van der Waals surface area contributed by atoms with Crippen LogP contribution in [0.5, 0.6) is 0 Å². The molecule has 2 aromatic carbocycles. The van der Waals surface area contributed by atoms with Crippen molar-refractivity contribution in [3.05, 3.63) is 69.0 Å². The van der Waals surface area contributed by atoms with Crippen molar-refractivity contribution in [1.82, 2.24) is 0 Å². The van der Waals surface area contributed by atoms with E-state index in [0.29, 0.717) is 16.3 Å². The summed E-state index contributed by atoms with van der Waals surface area (Å²) in [5.41, 5.74) is 0.588. The molecule has 2 rings (SSSR count). The average Bonchev–Trinajstić information content (AvgIpc) is 2.50. The number of hydrogen-bond acceptors (Lipinski definition) is 4. The number of rotatable bonds is 6. The van der Waals surface area contributed by atoms with Crippen molar-refractivity contribution in [2.45, 2.75) is 5.75 Å². The zero-order valence-electron chi connectivity index (χ0n) is 11.8. The van der Waals surface area contributed by atoms with E-state index < -0.39 is 10.7 Å². The van der Waals surface area contributed by atoms with Gasteiger partial charge in [0.05, 0.1) is 10.7 Å². The lowest BCUT2D eigenvalue weighted by Crippen LogP contribution is -2.14. The third kappa shape index (κ3) is 4.94. The maximum Gasteiger partial charge on any atom is 0.271 e. The third-order valence-electron chi connectivity index (χ3n) is 2.88. The second-order valence-electron chi connectivity index (χ2n) is 4.55. The molecule has 8 heteroatoms. The molecular formula is C15H12ClFN2O3S. The molecule has 0 radical (unpaired) electrons. The van der Waals surface area contributed by atoms with Gasteiger partial charge in [0.1, 0.15) is 5.82 Å². The van der Waals surface area contributed by atoms with Crippen LogP contribution in [0.15, 0.2) is 42.5 Å². The molecular weight excluding hydrogens is 343 g/mol. The van der Waals surface area contributed by atoms with E-state index in [4.69, 9.17) is 11.6 Å². The Bertz CT molecular complexity index is 722. The van der Waals surface area contributed by atoms with Crippen molar-refractivity contribution in [2.75, 3.05) is 11.1 Å². The quantitative estimate of drug-likeness (QED) is 0.621. The van der Waals surface area contributed by atoms with Crippen LogP contribution in [0.2, 0.25) is 5.02 Å². The zero-order chi connectivity index (χ0) is 16.8. The Kier molecular flexibility index (Phi) is 5.95. The molecule has 1 N–H and O–H groups in total. The van der Waals surface area contributed by atoms with Crippen molar-refractivity contribution in [1.29, 1.82) is 0 Å². The molecule has 23 heavy (non-hydrogen) atoms. The minimum atomic E-state index is -0.537. The van der Waals surface area contributed by atoms with Crippen molar-refractivity contribution in [2.24, 2.45) is 0 Å². The van der Waals surface area contributed by atoms with Crippen LogP contribution in [0, 0.1) is 15.9 Å². The molecule has 0 aliphatic carbocycles. The number of non-ortho nitro benzene ring substituents is 1. The number of benzene rings is 2. The Balaban J connectivity index is 1.88. The SMILES string of the molecule is O=C(CSCc1c(F)cccc1Cl)Nc1cccc([N+](=O)[O-])c1. The molecule has 0 saturated carbocycles. The van der Waals surface area contributed by atoms with Gasteiger partial charge in [-0.2, -0.15) is 0 Å². The Morgan fingerprint density at radius 3 is 2.74 bits per heavy atom. The lowest BCUT2D eigenvalue weighted by atomic mass is 10.2. The summed E-state index contributed by atoms with van der Waals surface area (Å²) in [7, 11) is 0. The van der Waals surface area contributed by atoms with Gasteiger partial charge in [-0.05, 0) is 18.2 Å². The van der Waals surface area contributed by atoms with Gasteiger partial charge >= 0.3 is 0 Å². The molecule has 0 fully saturated rings. The summed E-state index contributed by atoms with van der Waals surface area (Å²) >= 11 is 7.11. The van der Waals surface area contributed by atoms with E-state index in [0.717, 1.165) is 0 Å². The van der Waals surface area contributed by atoms with E-state index in [-0.39, 0.29) is 23.1 Å². The summed E-state index contributed by atoms with van der Waals surface area (Å²) in [6.07, 6.45) is 0. The molecule has 2 aromatic rings. The van der Waals surface area contributed by atoms with Crippen molar-refractivity contribution in [3.8, 4) is 0 Å². The fourth-order valence-electron chi connectivity index (χ4n) is 1.81. The monoisotopic (exact) mass is 354 g/mol. The van der Waals surface area contributed by atoms with Crippen LogP contribution < -0.4 is 5.32 Å². The second kappa shape index (κ2) is 7.94. The summed E-state index contributed by atoms with van der Waals surface area (Å²) in [5.74, 6) is -0.409. The molecule has 0 atom stereocenters. The van der Waals surface area contributed by atoms with Gasteiger partial charge in [-0.1, -0.05) is 23.7 Å². The fourth-order valence-corrected chi connectivity index (χ4v) is 2.98. The molecule has 120 valence electrons. The zero-order valence-corrected chi connectivity index (χ0v) is 13.4. The number of thioether (sulfide) groups is 1. The third-order valence-corrected chi connectivity index (χ3v) is 4.20. The van der Waals surface area contributed by atoms with Crippen LogP contribution in [0.3, 0.4) is 0 Å². The first-order chi connectivity index (χ1) is 11.0. The normalized spacial score (nSPS) is 10.3. The van der Waals surface area contributed by atoms with Crippen molar-refractivity contribution < 1.29 is 14.1 Å². The molecule has 0 aliphatic rings. The van der Waals surface area contributed by atoms with Crippen LogP contribution in [0.1, 0.15) is 5.56 Å². The maximum absolute atomic E-state index is 13.6. The first-order valence-electron chi connectivity index (χ1n) is 6.52. The lowest BCUT2D eigenvalue weighted by molar-refractivity contribution is -0.384. The van der Waals surface area contributed by atoms with Gasteiger partial charge in [-0.3, -0.25) is 14.9 Å². The molecule has 0 unspecified atom stereocenters. The highest BCUT2D eigenvalue weighted by molar-refractivity contribution is 7.99. The van der Waals surface area contributed by atoms with E-state index in [1.54, 1.807) is 12.1 Å². The minimum absolute atomic E-state index is 0.0767. The first kappa shape index (κ1) is 17.2. The van der Waals surface area contributed by atoms with Gasteiger partial charge in [-0.15, -0.1) is 11.8 Å². The molecule has 0 heterocycles. The Morgan fingerprint density at radius 2 is 2.04 bits per heavy atom. The predicted octanol–water partition coefficient (Wildman–Crippen LogP) is 4.26. The molecule has 5 nitrogen and oxygen atoms in total. The number of carbonyl (C=O) groups excluding carboxylic acids is 1. The van der Waals surface area contributed by atoms with Crippen LogP contribution in [0.25, 0.3) is 0 Å². The first-order valence-corrected chi connectivity index (χ1v) is 8.05. The van der Waals surface area contributed by atoms with Gasteiger partial charge in [0.25, 0.3) is 5.69 Å². The number of nitro benzene ring substituents is 1. The summed E-state index contributed by atoms with van der Waals surface area (Å²) in [6, 6.07) is 10.1. The van der Waals surface area contributed by atoms with E-state index >= 15 is 0 Å². The minimum Gasteiger partial charge on any atom is -0.325 e. The smallest absolute Gasteiger partial charge is 0.271 e.